The van der Waals surface area contributed by atoms with Gasteiger partial charge < -0.3 is 5.73 Å². The highest BCUT2D eigenvalue weighted by Gasteiger charge is 2.72. The summed E-state index contributed by atoms with van der Waals surface area (Å²) >= 11 is 0. The summed E-state index contributed by atoms with van der Waals surface area (Å²) in [4.78, 5) is 0. The average Bonchev–Trinajstić information content (AvgIpc) is 2.88. The molecular weight excluding hydrogens is 338 g/mol. The highest BCUT2D eigenvalue weighted by Crippen LogP contribution is 2.77. The van der Waals surface area contributed by atoms with Crippen LogP contribution in [0.5, 0.6) is 0 Å². The molecule has 3 fully saturated rings. The second kappa shape index (κ2) is 6.12. The fourth-order valence-corrected chi connectivity index (χ4v) is 9.79. The molecule has 3 saturated carbocycles. The molecular formula is C27H47N. The normalized spacial score (nSPS) is 57.0. The third kappa shape index (κ3) is 2.24. The van der Waals surface area contributed by atoms with Gasteiger partial charge in [-0.05, 0) is 90.8 Å². The van der Waals surface area contributed by atoms with Crippen LogP contribution >= 0.6 is 0 Å². The van der Waals surface area contributed by atoms with Crippen molar-refractivity contribution in [2.45, 2.75) is 112 Å². The summed E-state index contributed by atoms with van der Waals surface area (Å²) in [6, 6.07) is 0. The van der Waals surface area contributed by atoms with Crippen molar-refractivity contribution in [3.63, 3.8) is 0 Å². The lowest BCUT2D eigenvalue weighted by Gasteiger charge is -2.71. The Bertz CT molecular complexity index is 680. The van der Waals surface area contributed by atoms with Crippen LogP contribution in [0.25, 0.3) is 0 Å². The van der Waals surface area contributed by atoms with Crippen molar-refractivity contribution in [3.8, 4) is 0 Å². The van der Waals surface area contributed by atoms with Crippen LogP contribution in [0.15, 0.2) is 11.6 Å². The highest BCUT2D eigenvalue weighted by molar-refractivity contribution is 5.35. The maximum Gasteiger partial charge on any atom is 0.0404 e. The fraction of sp³-hybridized carbons (Fsp3) is 0.926. The van der Waals surface area contributed by atoms with Gasteiger partial charge in [0.15, 0.2) is 0 Å². The van der Waals surface area contributed by atoms with Gasteiger partial charge in [0.25, 0.3) is 0 Å². The summed E-state index contributed by atoms with van der Waals surface area (Å²) in [5, 5.41) is 0. The van der Waals surface area contributed by atoms with Gasteiger partial charge in [-0.25, -0.2) is 0 Å². The van der Waals surface area contributed by atoms with Crippen LogP contribution in [-0.2, 0) is 0 Å². The zero-order valence-corrected chi connectivity index (χ0v) is 20.1. The Kier molecular flexibility index (Phi) is 4.58. The van der Waals surface area contributed by atoms with E-state index in [4.69, 9.17) is 5.73 Å². The van der Waals surface area contributed by atoms with Crippen molar-refractivity contribution in [1.82, 2.24) is 0 Å². The quantitative estimate of drug-likeness (QED) is 0.494. The third-order valence-corrected chi connectivity index (χ3v) is 11.9. The summed E-state index contributed by atoms with van der Waals surface area (Å²) in [6.45, 7) is 20.4. The SMILES string of the molecule is CCC(C)C1CCC2(C)C3C(C)=CC4(N)CC(C)CCC4(C)C3(C)CCC12C. The van der Waals surface area contributed by atoms with Crippen molar-refractivity contribution in [1.29, 1.82) is 0 Å². The van der Waals surface area contributed by atoms with Crippen LogP contribution in [0.2, 0.25) is 0 Å². The van der Waals surface area contributed by atoms with Gasteiger partial charge in [0.2, 0.25) is 0 Å². The van der Waals surface area contributed by atoms with E-state index in [1.165, 1.54) is 51.4 Å². The molecule has 9 atom stereocenters. The average molecular weight is 386 g/mol. The number of fused-ring (bicyclic) bond motifs is 5. The van der Waals surface area contributed by atoms with Crippen LogP contribution in [0.3, 0.4) is 0 Å². The standard InChI is InChI=1S/C27H47N/c1-9-19(3)21-11-12-24(6)22-20(4)17-27(28)16-18(2)10-13-26(27,8)25(22,7)15-14-23(21,24)5/h17-19,21-22H,9-16,28H2,1-8H3. The Morgan fingerprint density at radius 2 is 1.64 bits per heavy atom. The van der Waals surface area contributed by atoms with Crippen molar-refractivity contribution >= 4 is 0 Å². The van der Waals surface area contributed by atoms with E-state index < -0.39 is 0 Å². The van der Waals surface area contributed by atoms with Crippen molar-refractivity contribution in [2.75, 3.05) is 0 Å². The smallest absolute Gasteiger partial charge is 0.0404 e. The van der Waals surface area contributed by atoms with Crippen LogP contribution < -0.4 is 5.73 Å². The molecule has 0 saturated heterocycles. The molecule has 0 heterocycles. The molecule has 2 N–H and O–H groups in total. The van der Waals surface area contributed by atoms with E-state index in [-0.39, 0.29) is 11.0 Å². The molecule has 28 heavy (non-hydrogen) atoms. The molecule has 9 unspecified atom stereocenters. The Hall–Kier alpha value is -0.300. The Balaban J connectivity index is 1.85. The molecule has 1 heteroatoms. The zero-order valence-electron chi connectivity index (χ0n) is 20.1. The summed E-state index contributed by atoms with van der Waals surface area (Å²) in [6.07, 6.45) is 13.4. The molecule has 4 aliphatic rings. The van der Waals surface area contributed by atoms with Gasteiger partial charge in [-0.2, -0.15) is 0 Å². The van der Waals surface area contributed by atoms with E-state index >= 15 is 0 Å². The second-order valence-electron chi connectivity index (χ2n) is 12.8. The lowest BCUT2D eigenvalue weighted by molar-refractivity contribution is -0.181. The van der Waals surface area contributed by atoms with Gasteiger partial charge in [0, 0.05) is 5.54 Å². The number of rotatable bonds is 2. The highest BCUT2D eigenvalue weighted by atomic mass is 14.9. The molecule has 0 aromatic heterocycles. The van der Waals surface area contributed by atoms with Crippen molar-refractivity contribution in [2.24, 2.45) is 51.1 Å². The Morgan fingerprint density at radius 3 is 2.29 bits per heavy atom. The topological polar surface area (TPSA) is 26.0 Å². The second-order valence-corrected chi connectivity index (χ2v) is 12.8. The Morgan fingerprint density at radius 1 is 1.00 bits per heavy atom. The predicted molar refractivity (Wildman–Crippen MR) is 121 cm³/mol. The summed E-state index contributed by atoms with van der Waals surface area (Å²) in [5.74, 6) is 3.20. The molecule has 0 bridgehead atoms. The lowest BCUT2D eigenvalue weighted by Crippen LogP contribution is -2.70. The van der Waals surface area contributed by atoms with E-state index in [1.807, 2.05) is 0 Å². The Labute approximate surface area is 175 Å². The first-order valence-electron chi connectivity index (χ1n) is 12.4. The molecule has 0 radical (unpaired) electrons. The van der Waals surface area contributed by atoms with E-state index in [0.29, 0.717) is 22.2 Å². The monoisotopic (exact) mass is 385 g/mol. The van der Waals surface area contributed by atoms with E-state index in [2.05, 4.69) is 61.5 Å². The first-order chi connectivity index (χ1) is 12.9. The zero-order chi connectivity index (χ0) is 20.8. The maximum atomic E-state index is 7.31. The van der Waals surface area contributed by atoms with E-state index in [1.54, 1.807) is 5.57 Å². The fourth-order valence-electron chi connectivity index (χ4n) is 9.79. The van der Waals surface area contributed by atoms with Gasteiger partial charge in [-0.15, -0.1) is 0 Å². The van der Waals surface area contributed by atoms with Gasteiger partial charge >= 0.3 is 0 Å². The predicted octanol–water partition coefficient (Wildman–Crippen LogP) is 7.36. The number of allylic oxidation sites excluding steroid dienone is 1. The minimum absolute atomic E-state index is 0.112. The van der Waals surface area contributed by atoms with Gasteiger partial charge in [0.1, 0.15) is 0 Å². The number of hydrogen-bond acceptors (Lipinski definition) is 1. The van der Waals surface area contributed by atoms with Gasteiger partial charge in [-0.1, -0.05) is 73.0 Å². The third-order valence-electron chi connectivity index (χ3n) is 11.9. The van der Waals surface area contributed by atoms with E-state index in [0.717, 1.165) is 17.8 Å². The van der Waals surface area contributed by atoms with Gasteiger partial charge in [0.05, 0.1) is 0 Å². The maximum absolute atomic E-state index is 7.31. The number of nitrogens with two attached hydrogens (primary N) is 1. The summed E-state index contributed by atoms with van der Waals surface area (Å²) < 4.78 is 0. The van der Waals surface area contributed by atoms with Crippen LogP contribution in [-0.4, -0.2) is 5.54 Å². The molecule has 0 amide bonds. The summed E-state index contributed by atoms with van der Waals surface area (Å²) in [7, 11) is 0. The van der Waals surface area contributed by atoms with Gasteiger partial charge in [-0.3, -0.25) is 0 Å². The van der Waals surface area contributed by atoms with Crippen molar-refractivity contribution in [3.05, 3.63) is 11.6 Å². The first-order valence-corrected chi connectivity index (χ1v) is 12.4. The number of hydrogen-bond donors (Lipinski definition) is 1. The molecule has 0 aromatic rings. The van der Waals surface area contributed by atoms with Crippen molar-refractivity contribution < 1.29 is 0 Å². The minimum Gasteiger partial charge on any atom is -0.321 e. The minimum atomic E-state index is -0.112. The molecule has 1 nitrogen and oxygen atoms in total. The molecule has 4 aliphatic carbocycles. The molecule has 0 aromatic carbocycles. The molecule has 0 spiro atoms. The van der Waals surface area contributed by atoms with Crippen LogP contribution in [0.4, 0.5) is 0 Å². The molecule has 4 rings (SSSR count). The summed E-state index contributed by atoms with van der Waals surface area (Å²) in [5.41, 5.74) is 10.3. The van der Waals surface area contributed by atoms with Crippen LogP contribution in [0, 0.1) is 45.3 Å². The largest absolute Gasteiger partial charge is 0.321 e. The molecule has 160 valence electrons. The lowest BCUT2D eigenvalue weighted by atomic mass is 9.33. The van der Waals surface area contributed by atoms with E-state index in [9.17, 15) is 0 Å². The van der Waals surface area contributed by atoms with Crippen LogP contribution in [0.1, 0.15) is 107 Å². The first kappa shape index (κ1) is 21.0. The molecule has 0 aliphatic heterocycles.